The van der Waals surface area contributed by atoms with E-state index in [1.165, 1.54) is 18.6 Å². The third-order valence-corrected chi connectivity index (χ3v) is 5.59. The number of carbonyl (C=O) groups excluding carboxylic acids is 1. The highest BCUT2D eigenvalue weighted by molar-refractivity contribution is 7.89. The predicted octanol–water partition coefficient (Wildman–Crippen LogP) is 1.02. The Morgan fingerprint density at radius 3 is 2.60 bits per heavy atom. The van der Waals surface area contributed by atoms with Gasteiger partial charge in [-0.15, -0.1) is 11.3 Å². The monoisotopic (exact) mass is 321 g/mol. The molecule has 1 N–H and O–H groups in total. The first kappa shape index (κ1) is 16.6. The number of carbonyl (C=O) groups is 2. The van der Waals surface area contributed by atoms with E-state index in [0.717, 1.165) is 15.6 Å². The molecule has 9 heteroatoms. The number of nitrogens with zero attached hydrogens (tertiary/aromatic N) is 1. The number of hydrogen-bond donors (Lipinski definition) is 1. The van der Waals surface area contributed by atoms with Crippen molar-refractivity contribution >= 4 is 33.3 Å². The van der Waals surface area contributed by atoms with Crippen molar-refractivity contribution < 1.29 is 27.9 Å². The number of sulfonamides is 1. The van der Waals surface area contributed by atoms with E-state index < -0.39 is 22.0 Å². The molecule has 1 aromatic rings. The second kappa shape index (κ2) is 6.82. The molecule has 0 aliphatic heterocycles. The van der Waals surface area contributed by atoms with Gasteiger partial charge in [-0.2, -0.15) is 4.31 Å². The van der Waals surface area contributed by atoms with Gasteiger partial charge < -0.3 is 9.84 Å². The van der Waals surface area contributed by atoms with Gasteiger partial charge in [0, 0.05) is 13.1 Å². The highest BCUT2D eigenvalue weighted by atomic mass is 32.2. The van der Waals surface area contributed by atoms with Crippen LogP contribution in [0.1, 0.15) is 23.0 Å². The first-order valence-electron chi connectivity index (χ1n) is 5.72. The molecule has 0 atom stereocenters. The van der Waals surface area contributed by atoms with Gasteiger partial charge in [-0.1, -0.05) is 6.92 Å². The van der Waals surface area contributed by atoms with Gasteiger partial charge in [0.2, 0.25) is 10.0 Å². The van der Waals surface area contributed by atoms with Crippen LogP contribution in [0.4, 0.5) is 0 Å². The lowest BCUT2D eigenvalue weighted by Crippen LogP contribution is -2.33. The Balaban J connectivity index is 3.11. The molecule has 0 radical (unpaired) electrons. The van der Waals surface area contributed by atoms with Crippen molar-refractivity contribution in [2.45, 2.75) is 18.2 Å². The minimum absolute atomic E-state index is 0.0127. The maximum Gasteiger partial charge on any atom is 0.349 e. The molecule has 1 aromatic heterocycles. The maximum absolute atomic E-state index is 12.4. The first-order valence-corrected chi connectivity index (χ1v) is 8.04. The Hall–Kier alpha value is -1.45. The number of carboxylic acids is 1. The number of aliphatic carboxylic acids is 1. The molecule has 20 heavy (non-hydrogen) atoms. The van der Waals surface area contributed by atoms with E-state index in [2.05, 4.69) is 4.74 Å². The lowest BCUT2D eigenvalue weighted by molar-refractivity contribution is -0.137. The molecule has 0 spiro atoms. The molecule has 0 bridgehead atoms. The zero-order valence-corrected chi connectivity index (χ0v) is 12.7. The molecule has 1 heterocycles. The predicted molar refractivity (Wildman–Crippen MR) is 72.3 cm³/mol. The van der Waals surface area contributed by atoms with Gasteiger partial charge in [0.25, 0.3) is 0 Å². The molecule has 0 unspecified atom stereocenters. The summed E-state index contributed by atoms with van der Waals surface area (Å²) in [4.78, 5) is 21.9. The number of esters is 1. The van der Waals surface area contributed by atoms with Crippen molar-refractivity contribution in [3.8, 4) is 0 Å². The van der Waals surface area contributed by atoms with Crippen LogP contribution in [0.25, 0.3) is 0 Å². The molecule has 0 amide bonds. The Bertz CT molecular complexity index is 592. The Morgan fingerprint density at radius 1 is 1.45 bits per heavy atom. The fourth-order valence-corrected chi connectivity index (χ4v) is 4.31. The fraction of sp³-hybridized carbons (Fsp3) is 0.455. The largest absolute Gasteiger partial charge is 0.481 e. The van der Waals surface area contributed by atoms with Crippen LogP contribution < -0.4 is 0 Å². The normalized spacial score (nSPS) is 11.6. The summed E-state index contributed by atoms with van der Waals surface area (Å²) < 4.78 is 30.4. The van der Waals surface area contributed by atoms with Crippen LogP contribution in [0.3, 0.4) is 0 Å². The van der Waals surface area contributed by atoms with E-state index in [1.54, 1.807) is 6.92 Å². The van der Waals surface area contributed by atoms with Gasteiger partial charge in [0.05, 0.1) is 13.5 Å². The average Bonchev–Trinajstić information content (AvgIpc) is 2.87. The van der Waals surface area contributed by atoms with Crippen LogP contribution in [0, 0.1) is 0 Å². The van der Waals surface area contributed by atoms with Crippen LogP contribution in [-0.2, 0) is 19.6 Å². The summed E-state index contributed by atoms with van der Waals surface area (Å²) in [6.45, 7) is 1.57. The van der Waals surface area contributed by atoms with Gasteiger partial charge in [0.15, 0.2) is 0 Å². The third-order valence-electron chi connectivity index (χ3n) is 2.55. The molecule has 0 saturated carbocycles. The SMILES string of the molecule is CCN(CCC(=O)O)S(=O)(=O)c1ccsc1C(=O)OC. The molecule has 112 valence electrons. The van der Waals surface area contributed by atoms with E-state index in [0.29, 0.717) is 0 Å². The Kier molecular flexibility index (Phi) is 5.66. The van der Waals surface area contributed by atoms with Gasteiger partial charge in [0.1, 0.15) is 9.77 Å². The highest BCUT2D eigenvalue weighted by Gasteiger charge is 2.29. The van der Waals surface area contributed by atoms with Gasteiger partial charge in [-0.05, 0) is 11.4 Å². The van der Waals surface area contributed by atoms with E-state index in [4.69, 9.17) is 5.11 Å². The molecular formula is C11H15NO6S2. The molecule has 0 aliphatic carbocycles. The summed E-state index contributed by atoms with van der Waals surface area (Å²) in [6, 6.07) is 1.32. The zero-order chi connectivity index (χ0) is 15.3. The van der Waals surface area contributed by atoms with Gasteiger partial charge in [-0.3, -0.25) is 4.79 Å². The summed E-state index contributed by atoms with van der Waals surface area (Å²) in [6.07, 6.45) is -0.301. The van der Waals surface area contributed by atoms with Gasteiger partial charge >= 0.3 is 11.9 Å². The highest BCUT2D eigenvalue weighted by Crippen LogP contribution is 2.26. The minimum Gasteiger partial charge on any atom is -0.481 e. The van der Waals surface area contributed by atoms with Crippen LogP contribution in [-0.4, -0.2) is 50.0 Å². The molecule has 0 fully saturated rings. The molecule has 1 rings (SSSR count). The molecular weight excluding hydrogens is 306 g/mol. The molecule has 0 aliphatic rings. The number of carboxylic acid groups (broad SMARTS) is 1. The van der Waals surface area contributed by atoms with Crippen LogP contribution in [0.2, 0.25) is 0 Å². The summed E-state index contributed by atoms with van der Waals surface area (Å²) in [5.74, 6) is -1.81. The average molecular weight is 321 g/mol. The Labute approximate surface area is 120 Å². The van der Waals surface area contributed by atoms with Crippen molar-refractivity contribution in [3.63, 3.8) is 0 Å². The zero-order valence-electron chi connectivity index (χ0n) is 11.0. The number of thiophene rings is 1. The molecule has 0 saturated heterocycles. The second-order valence-corrected chi connectivity index (χ2v) is 6.57. The number of ether oxygens (including phenoxy) is 1. The topological polar surface area (TPSA) is 101 Å². The summed E-state index contributed by atoms with van der Waals surface area (Å²) in [5, 5.41) is 10.1. The Morgan fingerprint density at radius 2 is 2.10 bits per heavy atom. The van der Waals surface area contributed by atoms with Crippen molar-refractivity contribution in [3.05, 3.63) is 16.3 Å². The van der Waals surface area contributed by atoms with Crippen molar-refractivity contribution in [2.24, 2.45) is 0 Å². The van der Waals surface area contributed by atoms with E-state index >= 15 is 0 Å². The smallest absolute Gasteiger partial charge is 0.349 e. The van der Waals surface area contributed by atoms with Crippen LogP contribution >= 0.6 is 11.3 Å². The maximum atomic E-state index is 12.4. The quantitative estimate of drug-likeness (QED) is 0.752. The summed E-state index contributed by atoms with van der Waals surface area (Å²) >= 11 is 0.965. The second-order valence-electron chi connectivity index (χ2n) is 3.75. The third kappa shape index (κ3) is 3.56. The lowest BCUT2D eigenvalue weighted by Gasteiger charge is -2.19. The van der Waals surface area contributed by atoms with Crippen LogP contribution in [0.15, 0.2) is 16.3 Å². The standard InChI is InChI=1S/C11H15NO6S2/c1-3-12(6-4-9(13)14)20(16,17)8-5-7-19-10(8)11(15)18-2/h5,7H,3-4,6H2,1-2H3,(H,13,14). The van der Waals surface area contributed by atoms with Crippen LogP contribution in [0.5, 0.6) is 0 Å². The minimum atomic E-state index is -3.91. The molecule has 7 nitrogen and oxygen atoms in total. The van der Waals surface area contributed by atoms with Gasteiger partial charge in [-0.25, -0.2) is 13.2 Å². The number of hydrogen-bond acceptors (Lipinski definition) is 6. The van der Waals surface area contributed by atoms with Crippen molar-refractivity contribution in [2.75, 3.05) is 20.2 Å². The molecule has 0 aromatic carbocycles. The first-order chi connectivity index (χ1) is 9.34. The van der Waals surface area contributed by atoms with Crippen molar-refractivity contribution in [1.29, 1.82) is 0 Å². The van der Waals surface area contributed by atoms with E-state index in [1.807, 2.05) is 0 Å². The summed E-state index contributed by atoms with van der Waals surface area (Å²) in [5.41, 5.74) is 0. The number of methoxy groups -OCH3 is 1. The van der Waals surface area contributed by atoms with E-state index in [-0.39, 0.29) is 29.3 Å². The lowest BCUT2D eigenvalue weighted by atomic mass is 10.4. The van der Waals surface area contributed by atoms with E-state index in [9.17, 15) is 18.0 Å². The fourth-order valence-electron chi connectivity index (χ4n) is 1.55. The van der Waals surface area contributed by atoms with Crippen molar-refractivity contribution in [1.82, 2.24) is 4.31 Å². The number of rotatable bonds is 7. The summed E-state index contributed by atoms with van der Waals surface area (Å²) in [7, 11) is -2.74.